The van der Waals surface area contributed by atoms with Gasteiger partial charge in [-0.1, -0.05) is 29.8 Å². The molecule has 0 saturated heterocycles. The fraction of sp³-hybridized carbons (Fsp3) is 0.261. The third kappa shape index (κ3) is 5.73. The highest BCUT2D eigenvalue weighted by atomic mass is 35.5. The number of aliphatic hydroxyl groups excluding tert-OH is 2. The standard InChI is InChI=1S/C23H21ClF4N2O3/c1-12-5-3-4-6-18(12)30-22(32)15-9-17(25)14(10-21(15)33-13(2)23(26,27)28)19-8-7-16(24)20(11-31)29-19/h3-10,13,22,30-32H,11H2,1-2H3/t13-,22?/m0/s1. The Bertz CT molecular complexity index is 1140. The molecule has 0 bridgehead atoms. The Hall–Kier alpha value is -2.88. The van der Waals surface area contributed by atoms with Gasteiger partial charge in [0, 0.05) is 16.8 Å². The lowest BCUT2D eigenvalue weighted by Crippen LogP contribution is -2.31. The fourth-order valence-corrected chi connectivity index (χ4v) is 3.21. The van der Waals surface area contributed by atoms with Crippen molar-refractivity contribution in [3.63, 3.8) is 0 Å². The van der Waals surface area contributed by atoms with Crippen molar-refractivity contribution in [3.8, 4) is 17.0 Å². The number of rotatable bonds is 7. The van der Waals surface area contributed by atoms with Crippen LogP contribution in [0.1, 0.15) is 30.0 Å². The average molecular weight is 485 g/mol. The SMILES string of the molecule is Cc1ccccc1NC(O)c1cc(F)c(-c2ccc(Cl)c(CO)n2)cc1O[C@@H](C)C(F)(F)F. The first-order valence-corrected chi connectivity index (χ1v) is 10.2. The van der Waals surface area contributed by atoms with E-state index >= 15 is 4.39 Å². The van der Waals surface area contributed by atoms with Gasteiger partial charge in [-0.25, -0.2) is 9.37 Å². The van der Waals surface area contributed by atoms with E-state index in [4.69, 9.17) is 16.3 Å². The van der Waals surface area contributed by atoms with Gasteiger partial charge in [0.2, 0.25) is 0 Å². The second-order valence-electron chi connectivity index (χ2n) is 7.32. The van der Waals surface area contributed by atoms with Gasteiger partial charge in [-0.3, -0.25) is 0 Å². The highest BCUT2D eigenvalue weighted by Gasteiger charge is 2.39. The van der Waals surface area contributed by atoms with Gasteiger partial charge in [0.05, 0.1) is 23.0 Å². The average Bonchev–Trinajstić information content (AvgIpc) is 2.76. The number of nitrogens with zero attached hydrogens (tertiary/aromatic N) is 1. The van der Waals surface area contributed by atoms with Crippen LogP contribution < -0.4 is 10.1 Å². The molecule has 10 heteroatoms. The molecule has 2 aromatic carbocycles. The molecule has 0 aliphatic carbocycles. The molecular weight excluding hydrogens is 464 g/mol. The number of aromatic nitrogens is 1. The summed E-state index contributed by atoms with van der Waals surface area (Å²) in [7, 11) is 0. The topological polar surface area (TPSA) is 74.6 Å². The maximum absolute atomic E-state index is 15.0. The second-order valence-corrected chi connectivity index (χ2v) is 7.72. The predicted octanol–water partition coefficient (Wildman–Crippen LogP) is 5.77. The van der Waals surface area contributed by atoms with Crippen LogP contribution in [0, 0.1) is 12.7 Å². The normalized spacial score (nSPS) is 13.5. The molecule has 0 aliphatic heterocycles. The molecule has 0 fully saturated rings. The molecule has 3 rings (SSSR count). The van der Waals surface area contributed by atoms with Crippen molar-refractivity contribution in [1.29, 1.82) is 0 Å². The van der Waals surface area contributed by atoms with Gasteiger partial charge < -0.3 is 20.3 Å². The van der Waals surface area contributed by atoms with Crippen molar-refractivity contribution in [2.24, 2.45) is 0 Å². The van der Waals surface area contributed by atoms with Gasteiger partial charge in [0.25, 0.3) is 0 Å². The van der Waals surface area contributed by atoms with Crippen LogP contribution in [0.2, 0.25) is 5.02 Å². The Balaban J connectivity index is 2.08. The van der Waals surface area contributed by atoms with E-state index in [1.807, 2.05) is 0 Å². The van der Waals surface area contributed by atoms with E-state index in [1.54, 1.807) is 31.2 Å². The van der Waals surface area contributed by atoms with E-state index < -0.39 is 30.9 Å². The van der Waals surface area contributed by atoms with Gasteiger partial charge >= 0.3 is 6.18 Å². The van der Waals surface area contributed by atoms with Crippen molar-refractivity contribution in [1.82, 2.24) is 4.98 Å². The molecule has 5 nitrogen and oxygen atoms in total. The van der Waals surface area contributed by atoms with Crippen molar-refractivity contribution >= 4 is 17.3 Å². The third-order valence-electron chi connectivity index (χ3n) is 4.94. The first-order valence-electron chi connectivity index (χ1n) is 9.85. The summed E-state index contributed by atoms with van der Waals surface area (Å²) < 4.78 is 59.7. The van der Waals surface area contributed by atoms with Crippen LogP contribution in [-0.2, 0) is 6.61 Å². The zero-order valence-corrected chi connectivity index (χ0v) is 18.4. The van der Waals surface area contributed by atoms with Gasteiger partial charge in [-0.05, 0) is 49.7 Å². The maximum Gasteiger partial charge on any atom is 0.425 e. The van der Waals surface area contributed by atoms with Crippen LogP contribution in [-0.4, -0.2) is 27.5 Å². The van der Waals surface area contributed by atoms with E-state index in [2.05, 4.69) is 10.3 Å². The quantitative estimate of drug-likeness (QED) is 0.293. The minimum absolute atomic E-state index is 0.0263. The summed E-state index contributed by atoms with van der Waals surface area (Å²) in [6.45, 7) is 2.06. The van der Waals surface area contributed by atoms with Crippen LogP contribution >= 0.6 is 11.6 Å². The molecule has 1 unspecified atom stereocenters. The summed E-state index contributed by atoms with van der Waals surface area (Å²) in [5.41, 5.74) is 0.964. The van der Waals surface area contributed by atoms with E-state index in [-0.39, 0.29) is 33.3 Å². The number of alkyl halides is 3. The fourth-order valence-electron chi connectivity index (χ4n) is 3.04. The number of pyridine rings is 1. The summed E-state index contributed by atoms with van der Waals surface area (Å²) >= 11 is 5.92. The lowest BCUT2D eigenvalue weighted by Gasteiger charge is -2.24. The summed E-state index contributed by atoms with van der Waals surface area (Å²) in [5, 5.41) is 23.0. The van der Waals surface area contributed by atoms with Crippen molar-refractivity contribution < 1.29 is 32.5 Å². The van der Waals surface area contributed by atoms with Gasteiger partial charge in [-0.15, -0.1) is 0 Å². The number of para-hydroxylation sites is 1. The zero-order valence-electron chi connectivity index (χ0n) is 17.6. The predicted molar refractivity (Wildman–Crippen MR) is 116 cm³/mol. The van der Waals surface area contributed by atoms with Gasteiger partial charge in [0.15, 0.2) is 12.3 Å². The highest BCUT2D eigenvalue weighted by Crippen LogP contribution is 2.36. The molecular formula is C23H21ClF4N2O3. The summed E-state index contributed by atoms with van der Waals surface area (Å²) in [4.78, 5) is 4.07. The van der Waals surface area contributed by atoms with E-state index in [0.29, 0.717) is 5.69 Å². The second kappa shape index (κ2) is 9.94. The smallest absolute Gasteiger partial charge is 0.425 e. The molecule has 1 aromatic heterocycles. The number of nitrogens with one attached hydrogen (secondary N) is 1. The molecule has 33 heavy (non-hydrogen) atoms. The van der Waals surface area contributed by atoms with Crippen molar-refractivity contribution in [3.05, 3.63) is 76.2 Å². The summed E-state index contributed by atoms with van der Waals surface area (Å²) in [6.07, 6.45) is -8.49. The lowest BCUT2D eigenvalue weighted by molar-refractivity contribution is -0.189. The molecule has 0 spiro atoms. The van der Waals surface area contributed by atoms with Gasteiger partial charge in [-0.2, -0.15) is 13.2 Å². The van der Waals surface area contributed by atoms with Gasteiger partial charge in [0.1, 0.15) is 11.6 Å². The van der Waals surface area contributed by atoms with Crippen LogP contribution in [0.15, 0.2) is 48.5 Å². The van der Waals surface area contributed by atoms with Crippen LogP contribution in [0.3, 0.4) is 0 Å². The van der Waals surface area contributed by atoms with E-state index in [0.717, 1.165) is 24.6 Å². The van der Waals surface area contributed by atoms with Crippen LogP contribution in [0.25, 0.3) is 11.3 Å². The zero-order chi connectivity index (χ0) is 24.3. The lowest BCUT2D eigenvalue weighted by atomic mass is 10.0. The van der Waals surface area contributed by atoms with E-state index in [1.165, 1.54) is 12.1 Å². The first-order chi connectivity index (χ1) is 15.5. The number of benzene rings is 2. The van der Waals surface area contributed by atoms with Crippen LogP contribution in [0.4, 0.5) is 23.2 Å². The largest absolute Gasteiger partial charge is 0.481 e. The summed E-state index contributed by atoms with van der Waals surface area (Å²) in [5.74, 6) is -1.24. The molecule has 3 aromatic rings. The number of aliphatic hydroxyl groups is 2. The molecule has 1 heterocycles. The number of hydrogen-bond donors (Lipinski definition) is 3. The molecule has 0 amide bonds. The molecule has 2 atom stereocenters. The Morgan fingerprint density at radius 3 is 2.48 bits per heavy atom. The monoisotopic (exact) mass is 484 g/mol. The third-order valence-corrected chi connectivity index (χ3v) is 5.28. The Morgan fingerprint density at radius 2 is 1.85 bits per heavy atom. The number of hydrogen-bond acceptors (Lipinski definition) is 5. The van der Waals surface area contributed by atoms with E-state index in [9.17, 15) is 23.4 Å². The molecule has 176 valence electrons. The number of halogens is 5. The van der Waals surface area contributed by atoms with Crippen LogP contribution in [0.5, 0.6) is 5.75 Å². The van der Waals surface area contributed by atoms with Crippen molar-refractivity contribution in [2.45, 2.75) is 39.0 Å². The maximum atomic E-state index is 15.0. The summed E-state index contributed by atoms with van der Waals surface area (Å²) in [6, 6.07) is 11.6. The molecule has 3 N–H and O–H groups in total. The van der Waals surface area contributed by atoms with Crippen molar-refractivity contribution in [2.75, 3.05) is 5.32 Å². The molecule has 0 radical (unpaired) electrons. The minimum Gasteiger partial charge on any atom is -0.481 e. The Morgan fingerprint density at radius 1 is 1.15 bits per heavy atom. The number of anilines is 1. The number of ether oxygens (including phenoxy) is 1. The first kappa shape index (κ1) is 24.8. The molecule has 0 aliphatic rings. The minimum atomic E-state index is -4.69. The Labute approximate surface area is 192 Å². The number of aryl methyl sites for hydroxylation is 1. The highest BCUT2D eigenvalue weighted by molar-refractivity contribution is 6.31. The Kier molecular flexibility index (Phi) is 7.46. The molecule has 0 saturated carbocycles.